The topological polar surface area (TPSA) is 265 Å². The number of aromatic amines is 1. The van der Waals surface area contributed by atoms with E-state index in [1.165, 1.54) is 39.6 Å². The first-order chi connectivity index (χ1) is 21.7. The second-order valence-corrected chi connectivity index (χ2v) is 10.2. The number of carbonyl (C=O) groups is 5. The molecule has 4 aromatic rings. The molecule has 18 nitrogen and oxygen atoms in total. The first-order valence-electron chi connectivity index (χ1n) is 13.6. The molecule has 0 saturated heterocycles. The number of H-pyrrole nitrogens is 1. The van der Waals surface area contributed by atoms with Gasteiger partial charge in [-0.15, -0.1) is 0 Å². The van der Waals surface area contributed by atoms with Crippen LogP contribution in [0.1, 0.15) is 48.4 Å². The molecular formula is C28H33N13O5. The van der Waals surface area contributed by atoms with Crippen molar-refractivity contribution in [2.75, 3.05) is 27.8 Å². The van der Waals surface area contributed by atoms with Gasteiger partial charge >= 0.3 is 0 Å². The fraction of sp³-hybridized carbons (Fsp3) is 0.179. The largest absolute Gasteiger partial charge is 0.395 e. The van der Waals surface area contributed by atoms with Crippen LogP contribution in [0.4, 0.5) is 22.9 Å². The number of carbonyl (C=O) groups excluding carboxylic acids is 5. The van der Waals surface area contributed by atoms with Gasteiger partial charge in [-0.1, -0.05) is 6.58 Å². The highest BCUT2D eigenvalue weighted by Crippen LogP contribution is 2.20. The van der Waals surface area contributed by atoms with Crippen LogP contribution in [0, 0.1) is 5.41 Å². The van der Waals surface area contributed by atoms with Crippen LogP contribution in [0.15, 0.2) is 55.1 Å². The SMILES string of the molecule is C=C(N)C(=O)Nc1cc(C(=O)Nc2cc(C(=O)Nc3cc(C(=O)Nc4cc(C(=O)NCCC(=N)N)n(C)c4)n(C)c3)n(C)c2)[nH]n1. The van der Waals surface area contributed by atoms with Crippen LogP contribution in [0.2, 0.25) is 0 Å². The second-order valence-electron chi connectivity index (χ2n) is 10.2. The zero-order chi connectivity index (χ0) is 33.7. The first kappa shape index (κ1) is 32.3. The van der Waals surface area contributed by atoms with Crippen molar-refractivity contribution in [3.8, 4) is 0 Å². The number of amidine groups is 1. The molecule has 0 aliphatic rings. The van der Waals surface area contributed by atoms with E-state index < -0.39 is 23.6 Å². The minimum atomic E-state index is -0.654. The number of amides is 5. The summed E-state index contributed by atoms with van der Waals surface area (Å²) in [5.74, 6) is -2.56. The lowest BCUT2D eigenvalue weighted by Crippen LogP contribution is -2.28. The quantitative estimate of drug-likeness (QED) is 0.0607. The lowest BCUT2D eigenvalue weighted by Gasteiger charge is -2.04. The van der Waals surface area contributed by atoms with Crippen molar-refractivity contribution in [2.45, 2.75) is 6.42 Å². The summed E-state index contributed by atoms with van der Waals surface area (Å²) in [6.45, 7) is 3.53. The Kier molecular flexibility index (Phi) is 9.40. The van der Waals surface area contributed by atoms with E-state index in [2.05, 4.69) is 43.4 Å². The van der Waals surface area contributed by atoms with E-state index in [1.54, 1.807) is 38.1 Å². The highest BCUT2D eigenvalue weighted by molar-refractivity contribution is 6.09. The molecular weight excluding hydrogens is 598 g/mol. The van der Waals surface area contributed by atoms with E-state index >= 15 is 0 Å². The first-order valence-corrected chi connectivity index (χ1v) is 13.6. The molecule has 0 unspecified atom stereocenters. The summed E-state index contributed by atoms with van der Waals surface area (Å²) in [4.78, 5) is 62.9. The van der Waals surface area contributed by atoms with Gasteiger partial charge in [0, 0.05) is 58.8 Å². The maximum Gasteiger partial charge on any atom is 0.273 e. The van der Waals surface area contributed by atoms with Crippen LogP contribution in [-0.2, 0) is 25.9 Å². The van der Waals surface area contributed by atoms with E-state index in [-0.39, 0.29) is 53.3 Å². The summed E-state index contributed by atoms with van der Waals surface area (Å²) in [5.41, 5.74) is 12.3. The maximum atomic E-state index is 13.1. The summed E-state index contributed by atoms with van der Waals surface area (Å²) in [6.07, 6.45) is 4.90. The van der Waals surface area contributed by atoms with Crippen molar-refractivity contribution in [3.05, 3.63) is 77.9 Å². The van der Waals surface area contributed by atoms with Gasteiger partial charge in [-0.05, 0) is 18.2 Å². The van der Waals surface area contributed by atoms with Crippen LogP contribution in [0.25, 0.3) is 0 Å². The molecule has 0 radical (unpaired) electrons. The Labute approximate surface area is 261 Å². The van der Waals surface area contributed by atoms with Gasteiger partial charge in [-0.3, -0.25) is 34.5 Å². The highest BCUT2D eigenvalue weighted by atomic mass is 16.2. The fourth-order valence-electron chi connectivity index (χ4n) is 4.26. The second kappa shape index (κ2) is 13.4. The molecule has 240 valence electrons. The predicted octanol–water partition coefficient (Wildman–Crippen LogP) is 0.649. The van der Waals surface area contributed by atoms with Crippen molar-refractivity contribution < 1.29 is 24.0 Å². The van der Waals surface area contributed by atoms with Gasteiger partial charge < -0.3 is 51.8 Å². The lowest BCUT2D eigenvalue weighted by molar-refractivity contribution is -0.112. The summed E-state index contributed by atoms with van der Waals surface area (Å²) in [5, 5.41) is 26.7. The van der Waals surface area contributed by atoms with Crippen molar-refractivity contribution >= 4 is 58.3 Å². The maximum absolute atomic E-state index is 13.1. The average molecular weight is 632 g/mol. The Morgan fingerprint density at radius 3 is 1.67 bits per heavy atom. The van der Waals surface area contributed by atoms with Gasteiger partial charge in [0.25, 0.3) is 29.5 Å². The highest BCUT2D eigenvalue weighted by Gasteiger charge is 2.20. The molecule has 0 saturated carbocycles. The average Bonchev–Trinajstić information content (AvgIpc) is 3.75. The number of rotatable bonds is 12. The molecule has 46 heavy (non-hydrogen) atoms. The zero-order valence-electron chi connectivity index (χ0n) is 25.1. The molecule has 0 bridgehead atoms. The third kappa shape index (κ3) is 7.67. The van der Waals surface area contributed by atoms with E-state index in [9.17, 15) is 24.0 Å². The molecule has 0 spiro atoms. The minimum Gasteiger partial charge on any atom is -0.395 e. The predicted molar refractivity (Wildman–Crippen MR) is 170 cm³/mol. The molecule has 0 fully saturated rings. The molecule has 4 aromatic heterocycles. The molecule has 0 aliphatic carbocycles. The number of anilines is 4. The normalized spacial score (nSPS) is 10.6. The number of aryl methyl sites for hydroxylation is 3. The Morgan fingerprint density at radius 2 is 1.22 bits per heavy atom. The summed E-state index contributed by atoms with van der Waals surface area (Å²) in [7, 11) is 4.91. The Bertz CT molecular complexity index is 1870. The van der Waals surface area contributed by atoms with Gasteiger partial charge in [-0.25, -0.2) is 0 Å². The molecule has 18 heteroatoms. The van der Waals surface area contributed by atoms with Crippen molar-refractivity contribution in [1.82, 2.24) is 29.2 Å². The van der Waals surface area contributed by atoms with Gasteiger partial charge in [0.15, 0.2) is 5.82 Å². The van der Waals surface area contributed by atoms with Crippen LogP contribution in [-0.4, -0.2) is 65.8 Å². The van der Waals surface area contributed by atoms with Crippen LogP contribution >= 0.6 is 0 Å². The van der Waals surface area contributed by atoms with Gasteiger partial charge in [0.05, 0.1) is 28.6 Å². The number of nitrogens with one attached hydrogen (secondary N) is 7. The van der Waals surface area contributed by atoms with Crippen molar-refractivity contribution in [3.63, 3.8) is 0 Å². The van der Waals surface area contributed by atoms with Crippen molar-refractivity contribution in [1.29, 1.82) is 5.41 Å². The molecule has 4 heterocycles. The molecule has 0 aliphatic heterocycles. The number of hydrogen-bond donors (Lipinski definition) is 9. The number of nitrogens with zero attached hydrogens (tertiary/aromatic N) is 4. The number of hydrogen-bond acceptors (Lipinski definition) is 8. The van der Waals surface area contributed by atoms with Gasteiger partial charge in [0.2, 0.25) is 0 Å². The van der Waals surface area contributed by atoms with E-state index in [0.29, 0.717) is 22.8 Å². The third-order valence-electron chi connectivity index (χ3n) is 6.52. The van der Waals surface area contributed by atoms with Crippen LogP contribution in [0.3, 0.4) is 0 Å². The minimum absolute atomic E-state index is 0.0402. The molecule has 4 rings (SSSR count). The monoisotopic (exact) mass is 631 g/mol. The molecule has 11 N–H and O–H groups in total. The summed E-state index contributed by atoms with van der Waals surface area (Å²) >= 11 is 0. The Hall–Kier alpha value is -6.59. The standard InChI is InChI=1S/C28H33N13O5/c1-14(29)24(42)36-23-10-18(37-38-23)25(43)33-15-8-20(40(3)11-15)27(45)35-17-9-21(41(4)13-17)28(46)34-16-7-19(39(2)12-16)26(44)32-6-5-22(30)31/h7-13H,1,5-6,29H2,2-4H3,(H3,30,31)(H,32,44)(H,33,43)(H,34,46)(H,35,45)(H2,36,37,38,42). The van der Waals surface area contributed by atoms with E-state index in [1.807, 2.05) is 0 Å². The van der Waals surface area contributed by atoms with Gasteiger partial charge in [0.1, 0.15) is 22.8 Å². The number of aromatic nitrogens is 5. The molecule has 0 aromatic carbocycles. The Balaban J connectivity index is 1.37. The van der Waals surface area contributed by atoms with Crippen molar-refractivity contribution in [2.24, 2.45) is 32.6 Å². The third-order valence-corrected chi connectivity index (χ3v) is 6.52. The van der Waals surface area contributed by atoms with Crippen LogP contribution < -0.4 is 38.1 Å². The molecule has 0 atom stereocenters. The summed E-state index contributed by atoms with van der Waals surface area (Å²) in [6, 6.07) is 5.78. The molecule has 5 amide bonds. The number of nitrogens with two attached hydrogens (primary N) is 2. The Morgan fingerprint density at radius 1 is 0.761 bits per heavy atom. The summed E-state index contributed by atoms with van der Waals surface area (Å²) < 4.78 is 4.60. The zero-order valence-corrected chi connectivity index (χ0v) is 25.1. The van der Waals surface area contributed by atoms with Crippen LogP contribution in [0.5, 0.6) is 0 Å². The van der Waals surface area contributed by atoms with E-state index in [0.717, 1.165) is 0 Å². The fourth-order valence-corrected chi connectivity index (χ4v) is 4.26. The smallest absolute Gasteiger partial charge is 0.273 e. The van der Waals surface area contributed by atoms with E-state index in [4.69, 9.17) is 16.9 Å². The lowest BCUT2D eigenvalue weighted by atomic mass is 10.3. The van der Waals surface area contributed by atoms with Gasteiger partial charge in [-0.2, -0.15) is 5.10 Å².